The number of carbonyl (C=O) groups excluding carboxylic acids is 2. The molecule has 1 aromatic rings. The minimum Gasteiger partial charge on any atom is -0.434 e. The van der Waals surface area contributed by atoms with E-state index in [2.05, 4.69) is 23.2 Å². The summed E-state index contributed by atoms with van der Waals surface area (Å²) in [6.45, 7) is 8.01. The van der Waals surface area contributed by atoms with Gasteiger partial charge in [-0.25, -0.2) is 4.79 Å². The molecule has 7 nitrogen and oxygen atoms in total. The van der Waals surface area contributed by atoms with E-state index in [-0.39, 0.29) is 18.1 Å². The van der Waals surface area contributed by atoms with Gasteiger partial charge >= 0.3 is 6.09 Å². The van der Waals surface area contributed by atoms with Gasteiger partial charge in [-0.1, -0.05) is 6.92 Å². The fraction of sp³-hybridized carbons (Fsp3) is 0.714. The van der Waals surface area contributed by atoms with Gasteiger partial charge in [0.25, 0.3) is 5.91 Å². The maximum atomic E-state index is 12.3. The van der Waals surface area contributed by atoms with E-state index in [9.17, 15) is 9.59 Å². The van der Waals surface area contributed by atoms with Gasteiger partial charge in [0.2, 0.25) is 0 Å². The van der Waals surface area contributed by atoms with E-state index < -0.39 is 12.2 Å². The standard InChI is InChI=1S/C21H29N3O4S/c1-2-15-9-16-18(29-15)3-8-27-21(16)4-6-23(7-5-21)11-14-12-24(13-14)19(25)17-10-22-20(26)28-17/h9,14,17H,2-8,10-13H2,1H3,(H,22,26). The Hall–Kier alpha value is -1.64. The molecule has 1 N–H and O–H groups in total. The maximum Gasteiger partial charge on any atom is 0.408 e. The van der Waals surface area contributed by atoms with E-state index >= 15 is 0 Å². The zero-order chi connectivity index (χ0) is 20.0. The molecule has 0 saturated carbocycles. The molecule has 0 aromatic carbocycles. The predicted octanol–water partition coefficient (Wildman–Crippen LogP) is 1.74. The lowest BCUT2D eigenvalue weighted by Crippen LogP contribution is -2.58. The highest BCUT2D eigenvalue weighted by atomic mass is 32.1. The number of nitrogens with one attached hydrogen (secondary N) is 1. The SMILES string of the molecule is CCc1cc2c(s1)CCOC21CCN(CC2CN(C(=O)C3CNC(=O)O3)C2)CC1. The van der Waals surface area contributed by atoms with Crippen molar-refractivity contribution >= 4 is 23.3 Å². The van der Waals surface area contributed by atoms with Gasteiger partial charge in [-0.05, 0) is 30.9 Å². The Morgan fingerprint density at radius 3 is 2.83 bits per heavy atom. The number of hydrogen-bond acceptors (Lipinski definition) is 6. The number of amides is 2. The molecule has 158 valence electrons. The molecule has 0 radical (unpaired) electrons. The Bertz CT molecular complexity index is 796. The van der Waals surface area contributed by atoms with Gasteiger partial charge in [0.1, 0.15) is 0 Å². The number of rotatable bonds is 4. The highest BCUT2D eigenvalue weighted by molar-refractivity contribution is 7.12. The highest BCUT2D eigenvalue weighted by Gasteiger charge is 2.43. The molecule has 4 aliphatic rings. The second-order valence-electron chi connectivity index (χ2n) is 8.68. The first-order valence-corrected chi connectivity index (χ1v) is 11.6. The minimum absolute atomic E-state index is 0.0653. The topological polar surface area (TPSA) is 71.1 Å². The van der Waals surface area contributed by atoms with Crippen molar-refractivity contribution in [3.8, 4) is 0 Å². The van der Waals surface area contributed by atoms with Crippen LogP contribution >= 0.6 is 11.3 Å². The zero-order valence-corrected chi connectivity index (χ0v) is 17.8. The number of piperidine rings is 1. The van der Waals surface area contributed by atoms with E-state index in [1.165, 1.54) is 15.3 Å². The molecule has 29 heavy (non-hydrogen) atoms. The quantitative estimate of drug-likeness (QED) is 0.805. The molecule has 8 heteroatoms. The maximum absolute atomic E-state index is 12.3. The van der Waals surface area contributed by atoms with Crippen LogP contribution in [0.2, 0.25) is 0 Å². The summed E-state index contributed by atoms with van der Waals surface area (Å²) in [7, 11) is 0. The van der Waals surface area contributed by atoms with Crippen LogP contribution in [0, 0.1) is 5.92 Å². The Balaban J connectivity index is 1.12. The molecule has 1 atom stereocenters. The number of carbonyl (C=O) groups is 2. The smallest absolute Gasteiger partial charge is 0.408 e. The van der Waals surface area contributed by atoms with Gasteiger partial charge in [0, 0.05) is 54.8 Å². The van der Waals surface area contributed by atoms with Crippen molar-refractivity contribution in [1.82, 2.24) is 15.1 Å². The molecule has 1 aromatic heterocycles. The molecule has 2 amide bonds. The van der Waals surface area contributed by atoms with Crippen LogP contribution in [0.1, 0.15) is 35.1 Å². The molecular formula is C21H29N3O4S. The summed E-state index contributed by atoms with van der Waals surface area (Å²) in [4.78, 5) is 30.8. The molecule has 5 heterocycles. The first-order chi connectivity index (χ1) is 14.1. The summed E-state index contributed by atoms with van der Waals surface area (Å²) in [5.74, 6) is 0.443. The number of thiophene rings is 1. The van der Waals surface area contributed by atoms with E-state index in [0.717, 1.165) is 65.0 Å². The van der Waals surface area contributed by atoms with Crippen LogP contribution in [0.5, 0.6) is 0 Å². The summed E-state index contributed by atoms with van der Waals surface area (Å²) in [6.07, 6.45) is 3.13. The number of likely N-dealkylation sites (tertiary alicyclic amines) is 2. The van der Waals surface area contributed by atoms with Crippen molar-refractivity contribution in [2.24, 2.45) is 5.92 Å². The lowest BCUT2D eigenvalue weighted by Gasteiger charge is -2.47. The van der Waals surface area contributed by atoms with Gasteiger partial charge in [-0.3, -0.25) is 4.79 Å². The van der Waals surface area contributed by atoms with Crippen molar-refractivity contribution in [1.29, 1.82) is 0 Å². The summed E-state index contributed by atoms with van der Waals surface area (Å²) >= 11 is 1.97. The summed E-state index contributed by atoms with van der Waals surface area (Å²) in [5.41, 5.74) is 1.39. The Morgan fingerprint density at radius 2 is 2.14 bits per heavy atom. The first kappa shape index (κ1) is 19.3. The van der Waals surface area contributed by atoms with Crippen LogP contribution in [-0.2, 0) is 32.7 Å². The van der Waals surface area contributed by atoms with Crippen molar-refractivity contribution in [3.05, 3.63) is 21.4 Å². The zero-order valence-electron chi connectivity index (χ0n) is 16.9. The summed E-state index contributed by atoms with van der Waals surface area (Å²) < 4.78 is 11.4. The molecule has 0 aliphatic carbocycles. The number of alkyl carbamates (subject to hydrolysis) is 1. The van der Waals surface area contributed by atoms with Gasteiger partial charge in [-0.2, -0.15) is 0 Å². The number of nitrogens with zero attached hydrogens (tertiary/aromatic N) is 2. The van der Waals surface area contributed by atoms with Gasteiger partial charge < -0.3 is 24.6 Å². The molecular weight excluding hydrogens is 390 g/mol. The van der Waals surface area contributed by atoms with Gasteiger partial charge in [-0.15, -0.1) is 11.3 Å². The molecule has 3 fully saturated rings. The number of fused-ring (bicyclic) bond motifs is 2. The van der Waals surface area contributed by atoms with E-state index in [4.69, 9.17) is 9.47 Å². The Labute approximate surface area is 175 Å². The fourth-order valence-corrected chi connectivity index (χ4v) is 6.30. The molecule has 3 saturated heterocycles. The van der Waals surface area contributed by atoms with E-state index in [1.807, 2.05) is 16.2 Å². The Kier molecular flexibility index (Phi) is 5.04. The van der Waals surface area contributed by atoms with Crippen molar-refractivity contribution in [2.75, 3.05) is 45.9 Å². The van der Waals surface area contributed by atoms with Gasteiger partial charge in [0.05, 0.1) is 18.8 Å². The van der Waals surface area contributed by atoms with Gasteiger partial charge in [0.15, 0.2) is 6.10 Å². The molecule has 1 spiro atoms. The largest absolute Gasteiger partial charge is 0.434 e. The lowest BCUT2D eigenvalue weighted by atomic mass is 9.82. The second-order valence-corrected chi connectivity index (χ2v) is 9.90. The number of aryl methyl sites for hydroxylation is 1. The number of cyclic esters (lactones) is 1. The fourth-order valence-electron chi connectivity index (χ4n) is 5.12. The minimum atomic E-state index is -0.644. The summed E-state index contributed by atoms with van der Waals surface area (Å²) in [6, 6.07) is 2.40. The van der Waals surface area contributed by atoms with Crippen molar-refractivity contribution < 1.29 is 19.1 Å². The molecule has 4 aliphatic heterocycles. The third-order valence-corrected chi connectivity index (χ3v) is 8.15. The van der Waals surface area contributed by atoms with E-state index in [0.29, 0.717) is 5.92 Å². The normalized spacial score (nSPS) is 26.7. The van der Waals surface area contributed by atoms with Crippen LogP contribution in [0.3, 0.4) is 0 Å². The van der Waals surface area contributed by atoms with Crippen LogP contribution < -0.4 is 5.32 Å². The number of ether oxygens (including phenoxy) is 2. The van der Waals surface area contributed by atoms with Crippen LogP contribution in [0.25, 0.3) is 0 Å². The average Bonchev–Trinajstić information content (AvgIpc) is 3.32. The molecule has 0 bridgehead atoms. The van der Waals surface area contributed by atoms with Crippen molar-refractivity contribution in [3.63, 3.8) is 0 Å². The number of hydrogen-bond donors (Lipinski definition) is 1. The third kappa shape index (κ3) is 3.55. The average molecular weight is 420 g/mol. The Morgan fingerprint density at radius 1 is 1.34 bits per heavy atom. The lowest BCUT2D eigenvalue weighted by molar-refractivity contribution is -0.146. The second kappa shape index (κ2) is 7.56. The predicted molar refractivity (Wildman–Crippen MR) is 109 cm³/mol. The molecule has 5 rings (SSSR count). The summed E-state index contributed by atoms with van der Waals surface area (Å²) in [5, 5.41) is 2.54. The monoisotopic (exact) mass is 419 g/mol. The molecule has 1 unspecified atom stereocenters. The van der Waals surface area contributed by atoms with Crippen LogP contribution in [0.15, 0.2) is 6.07 Å². The van der Waals surface area contributed by atoms with E-state index in [1.54, 1.807) is 0 Å². The van der Waals surface area contributed by atoms with Crippen LogP contribution in [0.4, 0.5) is 4.79 Å². The van der Waals surface area contributed by atoms with Crippen molar-refractivity contribution in [2.45, 2.75) is 44.3 Å². The highest BCUT2D eigenvalue weighted by Crippen LogP contribution is 2.44. The third-order valence-electron chi connectivity index (χ3n) is 6.81. The first-order valence-electron chi connectivity index (χ1n) is 10.8. The van der Waals surface area contributed by atoms with Crippen LogP contribution in [-0.4, -0.2) is 73.8 Å².